The molecule has 0 unspecified atom stereocenters. The van der Waals surface area contributed by atoms with Gasteiger partial charge in [0.15, 0.2) is 0 Å². The van der Waals surface area contributed by atoms with Crippen molar-refractivity contribution in [3.63, 3.8) is 0 Å². The lowest BCUT2D eigenvalue weighted by molar-refractivity contribution is -0.115. The van der Waals surface area contributed by atoms with E-state index in [4.69, 9.17) is 0 Å². The predicted molar refractivity (Wildman–Crippen MR) is 87.9 cm³/mol. The lowest BCUT2D eigenvalue weighted by Crippen LogP contribution is -2.35. The van der Waals surface area contributed by atoms with Crippen LogP contribution in [-0.4, -0.2) is 18.5 Å². The molecule has 0 atom stereocenters. The molecular formula is C17H19N3O2. The Labute approximate surface area is 129 Å². The Morgan fingerprint density at radius 2 is 1.59 bits per heavy atom. The van der Waals surface area contributed by atoms with Gasteiger partial charge < -0.3 is 16.0 Å². The average Bonchev–Trinajstić information content (AvgIpc) is 2.54. The van der Waals surface area contributed by atoms with E-state index in [0.717, 1.165) is 17.7 Å². The molecule has 2 rings (SSSR count). The number of hydrogen-bond acceptors (Lipinski definition) is 2. The van der Waals surface area contributed by atoms with Crippen LogP contribution in [0.2, 0.25) is 0 Å². The van der Waals surface area contributed by atoms with Crippen molar-refractivity contribution in [2.45, 2.75) is 13.3 Å². The van der Waals surface area contributed by atoms with Crippen molar-refractivity contribution in [2.24, 2.45) is 0 Å². The van der Waals surface area contributed by atoms with Crippen LogP contribution in [0.1, 0.15) is 12.5 Å². The first-order valence-corrected chi connectivity index (χ1v) is 7.16. The number of amides is 3. The van der Waals surface area contributed by atoms with Crippen molar-refractivity contribution in [1.29, 1.82) is 0 Å². The number of aryl methyl sites for hydroxylation is 1. The Bertz CT molecular complexity index is 641. The molecule has 0 saturated heterocycles. The van der Waals surface area contributed by atoms with E-state index >= 15 is 0 Å². The maximum absolute atomic E-state index is 11.9. The van der Waals surface area contributed by atoms with Crippen molar-refractivity contribution in [3.8, 4) is 0 Å². The summed E-state index contributed by atoms with van der Waals surface area (Å²) in [7, 11) is 0. The van der Waals surface area contributed by atoms with Gasteiger partial charge in [0.2, 0.25) is 5.91 Å². The van der Waals surface area contributed by atoms with E-state index in [1.807, 2.05) is 49.4 Å². The summed E-state index contributed by atoms with van der Waals surface area (Å²) in [6.07, 6.45) is 0.832. The smallest absolute Gasteiger partial charge is 0.319 e. The van der Waals surface area contributed by atoms with E-state index in [1.54, 1.807) is 12.1 Å². The van der Waals surface area contributed by atoms with Crippen molar-refractivity contribution in [3.05, 3.63) is 60.2 Å². The Balaban J connectivity index is 1.81. The molecule has 0 radical (unpaired) electrons. The molecular weight excluding hydrogens is 278 g/mol. The zero-order chi connectivity index (χ0) is 15.8. The summed E-state index contributed by atoms with van der Waals surface area (Å²) in [5, 5.41) is 7.98. The summed E-state index contributed by atoms with van der Waals surface area (Å²) in [4.78, 5) is 23.6. The molecule has 5 nitrogen and oxygen atoms in total. The fourth-order valence-corrected chi connectivity index (χ4v) is 2.00. The minimum absolute atomic E-state index is 0.0866. The molecule has 0 saturated carbocycles. The zero-order valence-corrected chi connectivity index (χ0v) is 12.4. The number of carbonyl (C=O) groups excluding carboxylic acids is 2. The van der Waals surface area contributed by atoms with Crippen LogP contribution in [0.25, 0.3) is 0 Å². The summed E-state index contributed by atoms with van der Waals surface area (Å²) < 4.78 is 0. The largest absolute Gasteiger partial charge is 0.329 e. The third kappa shape index (κ3) is 4.63. The van der Waals surface area contributed by atoms with E-state index in [-0.39, 0.29) is 12.5 Å². The number of carbonyl (C=O) groups is 2. The van der Waals surface area contributed by atoms with Gasteiger partial charge >= 0.3 is 6.03 Å². The number of anilines is 2. The number of nitrogens with one attached hydrogen (secondary N) is 3. The third-order valence-corrected chi connectivity index (χ3v) is 3.11. The van der Waals surface area contributed by atoms with Crippen LogP contribution >= 0.6 is 0 Å². The highest BCUT2D eigenvalue weighted by atomic mass is 16.2. The number of rotatable bonds is 5. The average molecular weight is 297 g/mol. The van der Waals surface area contributed by atoms with Crippen LogP contribution in [0.4, 0.5) is 16.2 Å². The van der Waals surface area contributed by atoms with Gasteiger partial charge in [-0.3, -0.25) is 4.79 Å². The summed E-state index contributed by atoms with van der Waals surface area (Å²) in [6.45, 7) is 1.94. The van der Waals surface area contributed by atoms with Gasteiger partial charge in [-0.25, -0.2) is 4.79 Å². The van der Waals surface area contributed by atoms with Crippen molar-refractivity contribution in [2.75, 3.05) is 17.2 Å². The van der Waals surface area contributed by atoms with Crippen molar-refractivity contribution < 1.29 is 9.59 Å². The zero-order valence-electron chi connectivity index (χ0n) is 12.4. The molecule has 3 amide bonds. The topological polar surface area (TPSA) is 70.2 Å². The van der Waals surface area contributed by atoms with Gasteiger partial charge in [0.1, 0.15) is 0 Å². The first kappa shape index (κ1) is 15.6. The Morgan fingerprint density at radius 3 is 2.32 bits per heavy atom. The van der Waals surface area contributed by atoms with Crippen LogP contribution in [-0.2, 0) is 11.2 Å². The first-order chi connectivity index (χ1) is 10.7. The second-order valence-electron chi connectivity index (χ2n) is 4.73. The van der Waals surface area contributed by atoms with Gasteiger partial charge in [-0.2, -0.15) is 0 Å². The monoisotopic (exact) mass is 297 g/mol. The van der Waals surface area contributed by atoms with Crippen LogP contribution < -0.4 is 16.0 Å². The molecule has 3 N–H and O–H groups in total. The molecule has 0 heterocycles. The first-order valence-electron chi connectivity index (χ1n) is 7.16. The molecule has 0 bridgehead atoms. The second kappa shape index (κ2) is 7.83. The fourth-order valence-electron chi connectivity index (χ4n) is 2.00. The minimum Gasteiger partial charge on any atom is -0.329 e. The number of benzene rings is 2. The normalized spacial score (nSPS) is 9.86. The van der Waals surface area contributed by atoms with E-state index < -0.39 is 6.03 Å². The van der Waals surface area contributed by atoms with Crippen molar-refractivity contribution in [1.82, 2.24) is 5.32 Å². The summed E-state index contributed by atoms with van der Waals surface area (Å²) >= 11 is 0. The number of hydrogen-bond donors (Lipinski definition) is 3. The van der Waals surface area contributed by atoms with Crippen molar-refractivity contribution >= 4 is 23.3 Å². The molecule has 0 fully saturated rings. The molecule has 0 aliphatic heterocycles. The lowest BCUT2D eigenvalue weighted by atomic mass is 10.1. The van der Waals surface area contributed by atoms with Gasteiger partial charge in [0, 0.05) is 11.4 Å². The standard InChI is InChI=1S/C17H19N3O2/c1-2-13-8-6-7-11-15(13)20-16(21)12-18-17(22)19-14-9-4-3-5-10-14/h3-11H,2,12H2,1H3,(H,20,21)(H2,18,19,22). The van der Waals surface area contributed by atoms with Crippen LogP contribution in [0.3, 0.4) is 0 Å². The lowest BCUT2D eigenvalue weighted by Gasteiger charge is -2.11. The maximum atomic E-state index is 11.9. The number of urea groups is 1. The molecule has 2 aromatic carbocycles. The van der Waals surface area contributed by atoms with E-state index in [1.165, 1.54) is 0 Å². The van der Waals surface area contributed by atoms with E-state index in [2.05, 4.69) is 16.0 Å². The van der Waals surface area contributed by atoms with Gasteiger partial charge in [-0.05, 0) is 30.2 Å². The highest BCUT2D eigenvalue weighted by molar-refractivity contribution is 5.97. The fraction of sp³-hybridized carbons (Fsp3) is 0.176. The Morgan fingerprint density at radius 1 is 0.909 bits per heavy atom. The Kier molecular flexibility index (Phi) is 5.54. The summed E-state index contributed by atoms with van der Waals surface area (Å²) in [5.74, 6) is -0.260. The quantitative estimate of drug-likeness (QED) is 0.794. The molecule has 0 aromatic heterocycles. The molecule has 5 heteroatoms. The van der Waals surface area contributed by atoms with Crippen LogP contribution in [0.15, 0.2) is 54.6 Å². The van der Waals surface area contributed by atoms with Gasteiger partial charge in [-0.1, -0.05) is 43.3 Å². The minimum atomic E-state index is -0.412. The Hall–Kier alpha value is -2.82. The summed E-state index contributed by atoms with van der Waals surface area (Å²) in [5.41, 5.74) is 2.52. The second-order valence-corrected chi connectivity index (χ2v) is 4.73. The maximum Gasteiger partial charge on any atom is 0.319 e. The SMILES string of the molecule is CCc1ccccc1NC(=O)CNC(=O)Nc1ccccc1. The predicted octanol–water partition coefficient (Wildman–Crippen LogP) is 3.01. The number of para-hydroxylation sites is 2. The van der Waals surface area contributed by atoms with Gasteiger partial charge in [0.25, 0.3) is 0 Å². The summed E-state index contributed by atoms with van der Waals surface area (Å²) in [6, 6.07) is 16.3. The third-order valence-electron chi connectivity index (χ3n) is 3.11. The highest BCUT2D eigenvalue weighted by Gasteiger charge is 2.07. The molecule has 114 valence electrons. The van der Waals surface area contributed by atoms with Crippen LogP contribution in [0.5, 0.6) is 0 Å². The molecule has 0 spiro atoms. The van der Waals surface area contributed by atoms with Gasteiger partial charge in [-0.15, -0.1) is 0 Å². The van der Waals surface area contributed by atoms with E-state index in [9.17, 15) is 9.59 Å². The molecule has 0 aliphatic carbocycles. The molecule has 22 heavy (non-hydrogen) atoms. The highest BCUT2D eigenvalue weighted by Crippen LogP contribution is 2.14. The molecule has 0 aliphatic rings. The van der Waals surface area contributed by atoms with Gasteiger partial charge in [0.05, 0.1) is 6.54 Å². The van der Waals surface area contributed by atoms with E-state index in [0.29, 0.717) is 5.69 Å². The molecule has 2 aromatic rings. The van der Waals surface area contributed by atoms with Crippen LogP contribution in [0, 0.1) is 0 Å².